The molecule has 1 rings (SSSR count). The van der Waals surface area contributed by atoms with Crippen LogP contribution in [0.3, 0.4) is 0 Å². The average Bonchev–Trinajstić information content (AvgIpc) is 2.91. The van der Waals surface area contributed by atoms with E-state index in [2.05, 4.69) is 50.2 Å². The van der Waals surface area contributed by atoms with E-state index in [1.807, 2.05) is 10.9 Å². The maximum atomic E-state index is 11.0. The number of aryl methyl sites for hydroxylation is 1. The van der Waals surface area contributed by atoms with E-state index in [1.54, 1.807) is 7.05 Å². The molecule has 0 amide bonds. The molecule has 0 unspecified atom stereocenters. The fourth-order valence-corrected chi connectivity index (χ4v) is 2.66. The Morgan fingerprint density at radius 2 is 2.00 bits per heavy atom. The number of ether oxygens (including phenoxy) is 1. The fourth-order valence-electron chi connectivity index (χ4n) is 2.66. The predicted molar refractivity (Wildman–Crippen MR) is 102 cm³/mol. The second-order valence-corrected chi connectivity index (χ2v) is 8.74. The number of unbranched alkanes of at least 4 members (excludes halogenated alkanes) is 1. The first kappa shape index (κ1) is 22.6. The molecule has 0 aromatic carbocycles. The lowest BCUT2D eigenvalue weighted by Gasteiger charge is -2.27. The van der Waals surface area contributed by atoms with Crippen molar-refractivity contribution in [3.05, 3.63) is 11.9 Å². The Bertz CT molecular complexity index is 549. The number of hydrogen-bond donors (Lipinski definition) is 2. The van der Waals surface area contributed by atoms with Gasteiger partial charge in [-0.25, -0.2) is 0 Å². The molecule has 0 bridgehead atoms. The molecule has 0 aliphatic heterocycles. The SMILES string of the molecule is CN[C@@H](CCCCn1cc(CC(C)(C)OCCC(C)(C)C)nn1)C(=O)O. The minimum Gasteiger partial charge on any atom is -0.480 e. The highest BCUT2D eigenvalue weighted by Crippen LogP contribution is 2.22. The minimum atomic E-state index is -0.802. The molecule has 0 aliphatic carbocycles. The summed E-state index contributed by atoms with van der Waals surface area (Å²) >= 11 is 0. The van der Waals surface area contributed by atoms with Crippen LogP contribution < -0.4 is 5.32 Å². The number of aromatic nitrogens is 3. The summed E-state index contributed by atoms with van der Waals surface area (Å²) in [6.07, 6.45) is 6.02. The van der Waals surface area contributed by atoms with Gasteiger partial charge in [-0.1, -0.05) is 26.0 Å². The minimum absolute atomic E-state index is 0.270. The van der Waals surface area contributed by atoms with Crippen LogP contribution in [0.4, 0.5) is 0 Å². The van der Waals surface area contributed by atoms with Crippen LogP contribution in [0.15, 0.2) is 6.20 Å². The summed E-state index contributed by atoms with van der Waals surface area (Å²) in [6.45, 7) is 12.3. The zero-order chi connectivity index (χ0) is 19.8. The summed E-state index contributed by atoms with van der Waals surface area (Å²) in [5, 5.41) is 20.2. The van der Waals surface area contributed by atoms with E-state index in [0.717, 1.165) is 44.5 Å². The summed E-state index contributed by atoms with van der Waals surface area (Å²) in [4.78, 5) is 11.0. The Labute approximate surface area is 157 Å². The van der Waals surface area contributed by atoms with Crippen molar-refractivity contribution < 1.29 is 14.6 Å². The fraction of sp³-hybridized carbons (Fsp3) is 0.842. The molecule has 1 atom stereocenters. The smallest absolute Gasteiger partial charge is 0.320 e. The van der Waals surface area contributed by atoms with E-state index < -0.39 is 12.0 Å². The molecular formula is C19H36N4O3. The molecule has 0 saturated heterocycles. The number of hydrogen-bond acceptors (Lipinski definition) is 5. The van der Waals surface area contributed by atoms with Crippen molar-refractivity contribution in [2.24, 2.45) is 5.41 Å². The van der Waals surface area contributed by atoms with Gasteiger partial charge in [-0.05, 0) is 52.0 Å². The van der Waals surface area contributed by atoms with Crippen molar-refractivity contribution in [3.63, 3.8) is 0 Å². The Balaban J connectivity index is 2.36. The van der Waals surface area contributed by atoms with Gasteiger partial charge < -0.3 is 15.2 Å². The molecule has 7 nitrogen and oxygen atoms in total. The first-order chi connectivity index (χ1) is 12.0. The number of nitrogens with one attached hydrogen (secondary N) is 1. The number of aliphatic carboxylic acids is 1. The largest absolute Gasteiger partial charge is 0.480 e. The summed E-state index contributed by atoms with van der Waals surface area (Å²) in [5.74, 6) is -0.802. The number of rotatable bonds is 12. The zero-order valence-corrected chi connectivity index (χ0v) is 17.2. The molecule has 7 heteroatoms. The van der Waals surface area contributed by atoms with Crippen molar-refractivity contribution in [1.82, 2.24) is 20.3 Å². The van der Waals surface area contributed by atoms with Gasteiger partial charge in [0.1, 0.15) is 6.04 Å². The lowest BCUT2D eigenvalue weighted by Crippen LogP contribution is -2.33. The van der Waals surface area contributed by atoms with Crippen LogP contribution in [0.2, 0.25) is 0 Å². The standard InChI is InChI=1S/C19H36N4O3/c1-18(2,3)10-12-26-19(4,5)13-15-14-23(22-21-15)11-8-7-9-16(20-6)17(24)25/h14,16,20H,7-13H2,1-6H3,(H,24,25)/t16-/m0/s1. The number of carbonyl (C=O) groups is 1. The van der Waals surface area contributed by atoms with E-state index >= 15 is 0 Å². The van der Waals surface area contributed by atoms with Crippen LogP contribution >= 0.6 is 0 Å². The first-order valence-electron chi connectivity index (χ1n) is 9.45. The van der Waals surface area contributed by atoms with Gasteiger partial charge >= 0.3 is 5.97 Å². The molecule has 2 N–H and O–H groups in total. The van der Waals surface area contributed by atoms with E-state index in [9.17, 15) is 4.79 Å². The van der Waals surface area contributed by atoms with Crippen LogP contribution in [0.25, 0.3) is 0 Å². The molecule has 150 valence electrons. The summed E-state index contributed by atoms with van der Waals surface area (Å²) in [5.41, 5.74) is 0.921. The molecule has 0 radical (unpaired) electrons. The van der Waals surface area contributed by atoms with Gasteiger partial charge in [0.2, 0.25) is 0 Å². The molecule has 0 spiro atoms. The second kappa shape index (κ2) is 10.0. The van der Waals surface area contributed by atoms with Crippen LogP contribution in [0, 0.1) is 5.41 Å². The lowest BCUT2D eigenvalue weighted by atomic mass is 9.93. The van der Waals surface area contributed by atoms with Gasteiger partial charge in [0.05, 0.1) is 11.3 Å². The third-order valence-corrected chi connectivity index (χ3v) is 4.31. The highest BCUT2D eigenvalue weighted by atomic mass is 16.5. The Kier molecular flexibility index (Phi) is 8.70. The molecule has 1 heterocycles. The normalized spacial score (nSPS) is 13.8. The van der Waals surface area contributed by atoms with Crippen molar-refractivity contribution in [1.29, 1.82) is 0 Å². The van der Waals surface area contributed by atoms with Crippen molar-refractivity contribution in [2.45, 2.75) is 84.9 Å². The second-order valence-electron chi connectivity index (χ2n) is 8.74. The van der Waals surface area contributed by atoms with Crippen LogP contribution in [0.5, 0.6) is 0 Å². The van der Waals surface area contributed by atoms with Crippen LogP contribution in [-0.2, 0) is 22.5 Å². The zero-order valence-electron chi connectivity index (χ0n) is 17.2. The topological polar surface area (TPSA) is 89.3 Å². The van der Waals surface area contributed by atoms with Crippen LogP contribution in [0.1, 0.15) is 66.0 Å². The number of nitrogens with zero attached hydrogens (tertiary/aromatic N) is 3. The maximum Gasteiger partial charge on any atom is 0.320 e. The Morgan fingerprint density at radius 1 is 1.31 bits per heavy atom. The molecular weight excluding hydrogens is 332 g/mol. The highest BCUT2D eigenvalue weighted by molar-refractivity contribution is 5.73. The number of carboxylic acids is 1. The third-order valence-electron chi connectivity index (χ3n) is 4.31. The van der Waals surface area contributed by atoms with Gasteiger partial charge in [-0.15, -0.1) is 5.10 Å². The van der Waals surface area contributed by atoms with Crippen molar-refractivity contribution >= 4 is 5.97 Å². The quantitative estimate of drug-likeness (QED) is 0.552. The maximum absolute atomic E-state index is 11.0. The van der Waals surface area contributed by atoms with Gasteiger partial charge in [-0.3, -0.25) is 9.48 Å². The predicted octanol–water partition coefficient (Wildman–Crippen LogP) is 2.89. The van der Waals surface area contributed by atoms with Crippen LogP contribution in [-0.4, -0.2) is 51.4 Å². The van der Waals surface area contributed by atoms with E-state index in [1.165, 1.54) is 0 Å². The van der Waals surface area contributed by atoms with E-state index in [4.69, 9.17) is 9.84 Å². The number of likely N-dealkylation sites (N-methyl/N-ethyl adjacent to an activating group) is 1. The monoisotopic (exact) mass is 368 g/mol. The number of carboxylic acid groups (broad SMARTS) is 1. The lowest BCUT2D eigenvalue weighted by molar-refractivity contribution is -0.139. The van der Waals surface area contributed by atoms with Crippen molar-refractivity contribution in [2.75, 3.05) is 13.7 Å². The summed E-state index contributed by atoms with van der Waals surface area (Å²) in [7, 11) is 1.67. The van der Waals surface area contributed by atoms with Gasteiger partial charge in [-0.2, -0.15) is 0 Å². The van der Waals surface area contributed by atoms with E-state index in [0.29, 0.717) is 6.42 Å². The summed E-state index contributed by atoms with van der Waals surface area (Å²) < 4.78 is 7.87. The molecule has 0 saturated carbocycles. The third kappa shape index (κ3) is 9.29. The Morgan fingerprint density at radius 3 is 2.58 bits per heavy atom. The van der Waals surface area contributed by atoms with E-state index in [-0.39, 0.29) is 11.0 Å². The van der Waals surface area contributed by atoms with Gasteiger partial charge in [0.25, 0.3) is 0 Å². The van der Waals surface area contributed by atoms with Gasteiger partial charge in [0, 0.05) is 25.8 Å². The van der Waals surface area contributed by atoms with Gasteiger partial charge in [0.15, 0.2) is 0 Å². The average molecular weight is 369 g/mol. The van der Waals surface area contributed by atoms with Crippen molar-refractivity contribution in [3.8, 4) is 0 Å². The molecule has 1 aromatic rings. The molecule has 1 aromatic heterocycles. The molecule has 0 aliphatic rings. The summed E-state index contributed by atoms with van der Waals surface area (Å²) in [6, 6.07) is -0.479. The Hall–Kier alpha value is -1.47. The first-order valence-corrected chi connectivity index (χ1v) is 9.45. The molecule has 0 fully saturated rings. The highest BCUT2D eigenvalue weighted by Gasteiger charge is 2.22. The molecule has 26 heavy (non-hydrogen) atoms.